The second-order valence-corrected chi connectivity index (χ2v) is 6.22. The maximum Gasteiger partial charge on any atom is 0.253 e. The Bertz CT molecular complexity index is 511. The molecular formula is C13H17NO3S. The normalized spacial score (nSPS) is 16.2. The lowest BCUT2D eigenvalue weighted by atomic mass is 9.97. The van der Waals surface area contributed by atoms with Crippen LogP contribution in [0.5, 0.6) is 5.75 Å². The van der Waals surface area contributed by atoms with E-state index in [0.717, 1.165) is 28.2 Å². The van der Waals surface area contributed by atoms with Gasteiger partial charge in [0.1, 0.15) is 11.4 Å². The fraction of sp³-hybridized carbons (Fsp3) is 0.538. The molecule has 1 aliphatic heterocycles. The molecule has 0 spiro atoms. The van der Waals surface area contributed by atoms with Gasteiger partial charge >= 0.3 is 0 Å². The van der Waals surface area contributed by atoms with Crippen molar-refractivity contribution in [1.82, 2.24) is 0 Å². The lowest BCUT2D eigenvalue weighted by Gasteiger charge is -2.16. The van der Waals surface area contributed by atoms with E-state index >= 15 is 0 Å². The Morgan fingerprint density at radius 2 is 2.17 bits per heavy atom. The molecule has 1 heterocycles. The summed E-state index contributed by atoms with van der Waals surface area (Å²) in [4.78, 5) is 11.2. The first kappa shape index (κ1) is 13.2. The van der Waals surface area contributed by atoms with Crippen molar-refractivity contribution >= 4 is 11.8 Å². The van der Waals surface area contributed by atoms with Gasteiger partial charge in [0.25, 0.3) is 5.88 Å². The van der Waals surface area contributed by atoms with Crippen LogP contribution >= 0.6 is 11.8 Å². The third kappa shape index (κ3) is 2.46. The molecule has 1 aromatic carbocycles. The topological polar surface area (TPSA) is 52.4 Å². The highest BCUT2D eigenvalue weighted by atomic mass is 32.2. The molecule has 0 aliphatic carbocycles. The maximum absolute atomic E-state index is 10.5. The smallest absolute Gasteiger partial charge is 0.253 e. The van der Waals surface area contributed by atoms with Crippen molar-refractivity contribution in [2.45, 2.75) is 44.6 Å². The standard InChI is InChI=1S/C13H17NO3S/c1-8-5-11-10(6-13(3,4)17-11)9(2)12(8)18-7-14(15)16/h5H,6-7H2,1-4H3. The van der Waals surface area contributed by atoms with Crippen LogP contribution in [0, 0.1) is 24.0 Å². The number of rotatable bonds is 3. The highest BCUT2D eigenvalue weighted by molar-refractivity contribution is 7.99. The number of hydrogen-bond donors (Lipinski definition) is 0. The number of benzene rings is 1. The minimum atomic E-state index is -0.294. The average Bonchev–Trinajstić information content (AvgIpc) is 2.52. The fourth-order valence-corrected chi connectivity index (χ4v) is 3.24. The molecular weight excluding hydrogens is 250 g/mol. The number of thioether (sulfide) groups is 1. The Labute approximate surface area is 111 Å². The first-order valence-electron chi connectivity index (χ1n) is 5.87. The van der Waals surface area contributed by atoms with Crippen molar-refractivity contribution in [3.05, 3.63) is 32.9 Å². The first-order chi connectivity index (χ1) is 8.30. The second kappa shape index (κ2) is 4.46. The van der Waals surface area contributed by atoms with Gasteiger partial charge in [-0.05, 0) is 56.7 Å². The van der Waals surface area contributed by atoms with Crippen molar-refractivity contribution in [1.29, 1.82) is 0 Å². The summed E-state index contributed by atoms with van der Waals surface area (Å²) < 4.78 is 5.89. The molecule has 0 atom stereocenters. The lowest BCUT2D eigenvalue weighted by Crippen LogP contribution is -2.24. The zero-order chi connectivity index (χ0) is 13.5. The number of fused-ring (bicyclic) bond motifs is 1. The van der Waals surface area contributed by atoms with E-state index in [-0.39, 0.29) is 16.4 Å². The molecule has 18 heavy (non-hydrogen) atoms. The summed E-state index contributed by atoms with van der Waals surface area (Å²) in [6.45, 7) is 8.13. The number of nitro groups is 1. The Hall–Kier alpha value is -1.23. The Morgan fingerprint density at radius 1 is 1.50 bits per heavy atom. The molecule has 0 aromatic heterocycles. The van der Waals surface area contributed by atoms with Crippen molar-refractivity contribution in [2.75, 3.05) is 5.88 Å². The first-order valence-corrected chi connectivity index (χ1v) is 6.85. The number of hydrogen-bond acceptors (Lipinski definition) is 4. The lowest BCUT2D eigenvalue weighted by molar-refractivity contribution is -0.456. The second-order valence-electron chi connectivity index (χ2n) is 5.27. The minimum Gasteiger partial charge on any atom is -0.487 e. The van der Waals surface area contributed by atoms with E-state index in [1.807, 2.05) is 19.9 Å². The number of aryl methyl sites for hydroxylation is 1. The summed E-state index contributed by atoms with van der Waals surface area (Å²) >= 11 is 1.29. The van der Waals surface area contributed by atoms with Gasteiger partial charge in [-0.2, -0.15) is 0 Å². The van der Waals surface area contributed by atoms with Crippen molar-refractivity contribution < 1.29 is 9.66 Å². The predicted octanol–water partition coefficient (Wildman–Crippen LogP) is 3.34. The third-order valence-electron chi connectivity index (χ3n) is 3.10. The van der Waals surface area contributed by atoms with Crippen LogP contribution in [0.2, 0.25) is 0 Å². The van der Waals surface area contributed by atoms with Crippen molar-refractivity contribution in [3.63, 3.8) is 0 Å². The number of ether oxygens (including phenoxy) is 1. The molecule has 4 nitrogen and oxygen atoms in total. The zero-order valence-corrected chi connectivity index (χ0v) is 11.9. The van der Waals surface area contributed by atoms with E-state index in [1.165, 1.54) is 17.3 Å². The monoisotopic (exact) mass is 267 g/mol. The zero-order valence-electron chi connectivity index (χ0n) is 11.1. The van der Waals surface area contributed by atoms with E-state index in [2.05, 4.69) is 13.8 Å². The molecule has 5 heteroatoms. The highest BCUT2D eigenvalue weighted by Crippen LogP contribution is 2.42. The van der Waals surface area contributed by atoms with Gasteiger partial charge in [0.2, 0.25) is 0 Å². The third-order valence-corrected chi connectivity index (χ3v) is 4.36. The summed E-state index contributed by atoms with van der Waals surface area (Å²) in [6, 6.07) is 2.00. The van der Waals surface area contributed by atoms with Gasteiger partial charge in [-0.25, -0.2) is 0 Å². The Balaban J connectivity index is 2.37. The molecule has 0 radical (unpaired) electrons. The van der Waals surface area contributed by atoms with Crippen LogP contribution in [0.3, 0.4) is 0 Å². The average molecular weight is 267 g/mol. The molecule has 0 bridgehead atoms. The van der Waals surface area contributed by atoms with E-state index in [0.29, 0.717) is 0 Å². The van der Waals surface area contributed by atoms with Gasteiger partial charge in [-0.1, -0.05) is 0 Å². The maximum atomic E-state index is 10.5. The van der Waals surface area contributed by atoms with E-state index in [9.17, 15) is 10.1 Å². The number of nitrogens with zero attached hydrogens (tertiary/aromatic N) is 1. The summed E-state index contributed by atoms with van der Waals surface area (Å²) in [5.74, 6) is 0.838. The van der Waals surface area contributed by atoms with Crippen molar-refractivity contribution in [2.24, 2.45) is 0 Å². The molecule has 0 amide bonds. The van der Waals surface area contributed by atoms with Gasteiger partial charge in [0, 0.05) is 21.8 Å². The summed E-state index contributed by atoms with van der Waals surface area (Å²) in [6.07, 6.45) is 0.862. The Kier molecular flexibility index (Phi) is 3.27. The summed E-state index contributed by atoms with van der Waals surface area (Å²) in [7, 11) is 0. The fourth-order valence-electron chi connectivity index (χ4n) is 2.38. The summed E-state index contributed by atoms with van der Waals surface area (Å²) in [5.41, 5.74) is 3.20. The van der Waals surface area contributed by atoms with Crippen molar-refractivity contribution in [3.8, 4) is 5.75 Å². The van der Waals surface area contributed by atoms with Crippen LogP contribution in [0.1, 0.15) is 30.5 Å². The molecule has 0 saturated carbocycles. The van der Waals surface area contributed by atoms with Crippen LogP contribution < -0.4 is 4.74 Å². The molecule has 98 valence electrons. The van der Waals surface area contributed by atoms with Crippen LogP contribution in [-0.4, -0.2) is 16.4 Å². The minimum absolute atomic E-state index is 0.0925. The summed E-state index contributed by atoms with van der Waals surface area (Å²) in [5, 5.41) is 10.5. The molecule has 0 N–H and O–H groups in total. The predicted molar refractivity (Wildman–Crippen MR) is 72.0 cm³/mol. The molecule has 1 aliphatic rings. The Morgan fingerprint density at radius 3 is 2.78 bits per heavy atom. The van der Waals surface area contributed by atoms with Gasteiger partial charge < -0.3 is 4.74 Å². The van der Waals surface area contributed by atoms with Gasteiger partial charge in [-0.15, -0.1) is 0 Å². The van der Waals surface area contributed by atoms with Gasteiger partial charge in [-0.3, -0.25) is 10.1 Å². The van der Waals surface area contributed by atoms with Crippen LogP contribution in [0.25, 0.3) is 0 Å². The SMILES string of the molecule is Cc1cc2c(c(C)c1SC[N+](=O)[O-])CC(C)(C)O2. The van der Waals surface area contributed by atoms with Crippen LogP contribution in [-0.2, 0) is 6.42 Å². The molecule has 1 aromatic rings. The molecule has 2 rings (SSSR count). The molecule has 0 saturated heterocycles. The van der Waals surface area contributed by atoms with Crippen LogP contribution in [0.4, 0.5) is 0 Å². The quantitative estimate of drug-likeness (QED) is 0.365. The van der Waals surface area contributed by atoms with Gasteiger partial charge in [0.05, 0.1) is 0 Å². The molecule has 0 unspecified atom stereocenters. The molecule has 0 fully saturated rings. The van der Waals surface area contributed by atoms with E-state index in [1.54, 1.807) is 0 Å². The van der Waals surface area contributed by atoms with E-state index in [4.69, 9.17) is 4.74 Å². The van der Waals surface area contributed by atoms with E-state index < -0.39 is 0 Å². The highest BCUT2D eigenvalue weighted by Gasteiger charge is 2.32. The largest absolute Gasteiger partial charge is 0.487 e. The van der Waals surface area contributed by atoms with Crippen LogP contribution in [0.15, 0.2) is 11.0 Å². The van der Waals surface area contributed by atoms with Gasteiger partial charge in [0.15, 0.2) is 0 Å².